The number of anilines is 1. The number of carbonyl (C=O) groups is 2. The van der Waals surface area contributed by atoms with Crippen LogP contribution in [0.5, 0.6) is 0 Å². The second-order valence-electron chi connectivity index (χ2n) is 5.11. The summed E-state index contributed by atoms with van der Waals surface area (Å²) in [6, 6.07) is 8.28. The van der Waals surface area contributed by atoms with Crippen molar-refractivity contribution in [3.8, 4) is 11.3 Å². The first kappa shape index (κ1) is 16.7. The van der Waals surface area contributed by atoms with Crippen molar-refractivity contribution in [3.05, 3.63) is 52.2 Å². The van der Waals surface area contributed by atoms with Gasteiger partial charge in [-0.2, -0.15) is 0 Å². The molecule has 0 aliphatic carbocycles. The van der Waals surface area contributed by atoms with Crippen LogP contribution >= 0.6 is 11.3 Å². The zero-order chi connectivity index (χ0) is 17.8. The number of nitrogens with zero attached hydrogens (tertiary/aromatic N) is 2. The van der Waals surface area contributed by atoms with Crippen molar-refractivity contribution in [2.45, 2.75) is 13.8 Å². The lowest BCUT2D eigenvalue weighted by atomic mass is 10.1. The highest BCUT2D eigenvalue weighted by Gasteiger charge is 2.23. The van der Waals surface area contributed by atoms with E-state index in [1.807, 2.05) is 18.4 Å². The van der Waals surface area contributed by atoms with Crippen molar-refractivity contribution in [3.63, 3.8) is 0 Å². The van der Waals surface area contributed by atoms with Gasteiger partial charge in [-0.15, -0.1) is 11.3 Å². The van der Waals surface area contributed by atoms with E-state index < -0.39 is 11.9 Å². The normalized spacial score (nSPS) is 10.3. The number of rotatable bonds is 3. The molecule has 3 aromatic rings. The van der Waals surface area contributed by atoms with Crippen molar-refractivity contribution in [2.75, 3.05) is 5.32 Å². The second kappa shape index (κ2) is 7.14. The Labute approximate surface area is 147 Å². The van der Waals surface area contributed by atoms with Crippen LogP contribution in [0.25, 0.3) is 11.3 Å². The van der Waals surface area contributed by atoms with Gasteiger partial charge in [-0.1, -0.05) is 23.4 Å². The summed E-state index contributed by atoms with van der Waals surface area (Å²) < 4.78 is 5.11. The van der Waals surface area contributed by atoms with Crippen molar-refractivity contribution in [1.29, 1.82) is 0 Å². The molecule has 25 heavy (non-hydrogen) atoms. The average molecular weight is 357 g/mol. The van der Waals surface area contributed by atoms with E-state index in [-0.39, 0.29) is 5.69 Å². The third-order valence-corrected chi connectivity index (χ3v) is 4.05. The Morgan fingerprint density at radius 2 is 1.88 bits per heavy atom. The highest BCUT2D eigenvalue weighted by Crippen LogP contribution is 2.28. The van der Waals surface area contributed by atoms with Gasteiger partial charge in [-0.25, -0.2) is 15.2 Å². The summed E-state index contributed by atoms with van der Waals surface area (Å²) in [6.45, 7) is 3.57. The number of thiazole rings is 1. The van der Waals surface area contributed by atoms with Crippen molar-refractivity contribution >= 4 is 29.0 Å². The van der Waals surface area contributed by atoms with Crippen LogP contribution in [-0.4, -0.2) is 22.1 Å². The van der Waals surface area contributed by atoms with Gasteiger partial charge >= 0.3 is 6.03 Å². The molecule has 0 saturated heterocycles. The quantitative estimate of drug-likeness (QED) is 0.625. The lowest BCUT2D eigenvalue weighted by Crippen LogP contribution is -2.44. The first-order valence-corrected chi connectivity index (χ1v) is 8.23. The number of para-hydroxylation sites is 1. The average Bonchev–Trinajstić information content (AvgIpc) is 3.19. The molecule has 2 aromatic heterocycles. The van der Waals surface area contributed by atoms with E-state index >= 15 is 0 Å². The lowest BCUT2D eigenvalue weighted by molar-refractivity contribution is 0.0929. The summed E-state index contributed by atoms with van der Waals surface area (Å²) in [4.78, 5) is 28.5. The van der Waals surface area contributed by atoms with Gasteiger partial charge in [0.15, 0.2) is 5.69 Å². The van der Waals surface area contributed by atoms with E-state index in [1.54, 1.807) is 31.2 Å². The molecular formula is C16H15N5O3S. The molecule has 3 rings (SSSR count). The Bertz CT molecular complexity index is 904. The number of hydrazine groups is 1. The zero-order valence-electron chi connectivity index (χ0n) is 13.5. The molecule has 0 fully saturated rings. The van der Waals surface area contributed by atoms with Gasteiger partial charge in [-0.3, -0.25) is 10.2 Å². The van der Waals surface area contributed by atoms with Crippen molar-refractivity contribution in [1.82, 2.24) is 21.0 Å². The van der Waals surface area contributed by atoms with Gasteiger partial charge in [0.1, 0.15) is 5.76 Å². The third-order valence-electron chi connectivity index (χ3n) is 3.27. The minimum Gasteiger partial charge on any atom is -0.360 e. The van der Waals surface area contributed by atoms with E-state index in [4.69, 9.17) is 4.52 Å². The number of urea groups is 1. The number of carbonyl (C=O) groups excluding carboxylic acids is 2. The maximum atomic E-state index is 12.3. The molecule has 0 radical (unpaired) electrons. The number of hydrogen-bond acceptors (Lipinski definition) is 6. The summed E-state index contributed by atoms with van der Waals surface area (Å²) in [5, 5.41) is 9.04. The monoisotopic (exact) mass is 357 g/mol. The Kier molecular flexibility index (Phi) is 4.75. The molecule has 0 aliphatic heterocycles. The fraction of sp³-hybridized carbons (Fsp3) is 0.125. The maximum absolute atomic E-state index is 12.3. The number of hydrogen-bond donors (Lipinski definition) is 3. The van der Waals surface area contributed by atoms with E-state index in [9.17, 15) is 9.59 Å². The van der Waals surface area contributed by atoms with Gasteiger partial charge in [0.25, 0.3) is 5.91 Å². The standard InChI is InChI=1S/C16H15N5O3S/c1-9-13(12-8-25-10(2)17-12)14(21-24-9)15(22)19-20-16(23)18-11-6-4-3-5-7-11/h3-8H,1-2H3,(H,19,22)(H2,18,20,23). The Hall–Kier alpha value is -3.20. The second-order valence-corrected chi connectivity index (χ2v) is 6.18. The van der Waals surface area contributed by atoms with Gasteiger partial charge in [0, 0.05) is 11.1 Å². The topological polar surface area (TPSA) is 109 Å². The fourth-order valence-corrected chi connectivity index (χ4v) is 2.77. The lowest BCUT2D eigenvalue weighted by Gasteiger charge is -2.08. The molecule has 0 aliphatic rings. The number of amides is 3. The van der Waals surface area contributed by atoms with Crippen molar-refractivity contribution in [2.24, 2.45) is 0 Å². The van der Waals surface area contributed by atoms with Crippen molar-refractivity contribution < 1.29 is 14.1 Å². The Morgan fingerprint density at radius 3 is 2.56 bits per heavy atom. The van der Waals surface area contributed by atoms with Crippen LogP contribution in [-0.2, 0) is 0 Å². The maximum Gasteiger partial charge on any atom is 0.337 e. The van der Waals surface area contributed by atoms with E-state index in [2.05, 4.69) is 26.3 Å². The van der Waals surface area contributed by atoms with Crippen LogP contribution in [0.4, 0.5) is 10.5 Å². The molecule has 0 saturated carbocycles. The predicted octanol–water partition coefficient (Wildman–Crippen LogP) is 2.88. The van der Waals surface area contributed by atoms with E-state index in [1.165, 1.54) is 11.3 Å². The van der Waals surface area contributed by atoms with Gasteiger partial charge in [0.05, 0.1) is 16.3 Å². The summed E-state index contributed by atoms with van der Waals surface area (Å²) in [5.74, 6) is -0.120. The predicted molar refractivity (Wildman–Crippen MR) is 93.1 cm³/mol. The summed E-state index contributed by atoms with van der Waals surface area (Å²) in [5.41, 5.74) is 6.35. The van der Waals surface area contributed by atoms with Gasteiger partial charge in [0.2, 0.25) is 0 Å². The summed E-state index contributed by atoms with van der Waals surface area (Å²) >= 11 is 1.46. The van der Waals surface area contributed by atoms with Crippen LogP contribution < -0.4 is 16.2 Å². The molecule has 0 unspecified atom stereocenters. The largest absolute Gasteiger partial charge is 0.360 e. The molecule has 3 N–H and O–H groups in total. The molecular weight excluding hydrogens is 342 g/mol. The van der Waals surface area contributed by atoms with Crippen LogP contribution in [0.3, 0.4) is 0 Å². The molecule has 9 heteroatoms. The highest BCUT2D eigenvalue weighted by atomic mass is 32.1. The highest BCUT2D eigenvalue weighted by molar-refractivity contribution is 7.09. The smallest absolute Gasteiger partial charge is 0.337 e. The number of nitrogens with one attached hydrogen (secondary N) is 3. The molecule has 3 amide bonds. The molecule has 8 nitrogen and oxygen atoms in total. The van der Waals surface area contributed by atoms with Crippen LogP contribution in [0.1, 0.15) is 21.3 Å². The number of benzene rings is 1. The van der Waals surface area contributed by atoms with E-state index in [0.717, 1.165) is 5.01 Å². The number of aromatic nitrogens is 2. The molecule has 0 bridgehead atoms. The van der Waals surface area contributed by atoms with Crippen LogP contribution in [0.2, 0.25) is 0 Å². The Morgan fingerprint density at radius 1 is 1.12 bits per heavy atom. The minimum absolute atomic E-state index is 0.0582. The Balaban J connectivity index is 1.67. The zero-order valence-corrected chi connectivity index (χ0v) is 14.3. The minimum atomic E-state index is -0.597. The molecule has 0 spiro atoms. The first-order valence-electron chi connectivity index (χ1n) is 7.35. The first-order chi connectivity index (χ1) is 12.0. The fourth-order valence-electron chi connectivity index (χ4n) is 2.16. The molecule has 128 valence electrons. The third kappa shape index (κ3) is 3.83. The SMILES string of the molecule is Cc1nc(-c2c(C(=O)NNC(=O)Nc3ccccc3)noc2C)cs1. The van der Waals surface area contributed by atoms with Crippen LogP contribution in [0, 0.1) is 13.8 Å². The summed E-state index contributed by atoms with van der Waals surface area (Å²) in [7, 11) is 0. The molecule has 2 heterocycles. The molecule has 1 aromatic carbocycles. The summed E-state index contributed by atoms with van der Waals surface area (Å²) in [6.07, 6.45) is 0. The van der Waals surface area contributed by atoms with Gasteiger partial charge in [-0.05, 0) is 26.0 Å². The number of aryl methyl sites for hydroxylation is 2. The van der Waals surface area contributed by atoms with E-state index in [0.29, 0.717) is 22.7 Å². The molecule has 0 atom stereocenters. The van der Waals surface area contributed by atoms with Gasteiger partial charge < -0.3 is 9.84 Å². The van der Waals surface area contributed by atoms with Crippen LogP contribution in [0.15, 0.2) is 40.2 Å².